The van der Waals surface area contributed by atoms with Gasteiger partial charge in [-0.25, -0.2) is 14.4 Å². The van der Waals surface area contributed by atoms with E-state index in [1.165, 1.54) is 18.4 Å². The molecule has 1 unspecified atom stereocenters. The molecule has 2 aliphatic rings. The second kappa shape index (κ2) is 10.7. The van der Waals surface area contributed by atoms with E-state index >= 15 is 4.39 Å². The van der Waals surface area contributed by atoms with Gasteiger partial charge in [0.15, 0.2) is 5.82 Å². The fourth-order valence-corrected chi connectivity index (χ4v) is 7.17. The molecule has 1 spiro atoms. The molecule has 7 rings (SSSR count). The number of anilines is 2. The van der Waals surface area contributed by atoms with Crippen molar-refractivity contribution >= 4 is 22.5 Å². The Morgan fingerprint density at radius 1 is 0.977 bits per heavy atom. The molecule has 2 fully saturated rings. The summed E-state index contributed by atoms with van der Waals surface area (Å²) in [6.45, 7) is 8.29. The molecule has 0 bridgehead atoms. The SMILES string of the molecule is CC(C)c1c2cc(-c3nc(N)nc(-c4ccc(N5CCC6(CCCN6Cc6ccccc6)C5)cn4)c3F)ccc2nn1C. The molecule has 2 aromatic carbocycles. The highest BCUT2D eigenvalue weighted by atomic mass is 19.1. The molecule has 0 saturated carbocycles. The van der Waals surface area contributed by atoms with Crippen LogP contribution in [0.2, 0.25) is 0 Å². The topological polar surface area (TPSA) is 89.0 Å². The van der Waals surface area contributed by atoms with Gasteiger partial charge in [0.05, 0.1) is 23.1 Å². The number of benzene rings is 2. The van der Waals surface area contributed by atoms with Crippen LogP contribution in [0.3, 0.4) is 0 Å². The average Bonchev–Trinajstić information content (AvgIpc) is 3.71. The first kappa shape index (κ1) is 27.5. The number of nitrogens with zero attached hydrogens (tertiary/aromatic N) is 7. The van der Waals surface area contributed by atoms with Crippen LogP contribution in [-0.4, -0.2) is 54.8 Å². The van der Waals surface area contributed by atoms with Gasteiger partial charge in [0.2, 0.25) is 5.95 Å². The highest BCUT2D eigenvalue weighted by molar-refractivity contribution is 5.87. The number of aromatic nitrogens is 5. The lowest BCUT2D eigenvalue weighted by Crippen LogP contribution is -2.45. The van der Waals surface area contributed by atoms with E-state index in [9.17, 15) is 0 Å². The average molecular weight is 577 g/mol. The minimum absolute atomic E-state index is 0.00821. The molecule has 43 heavy (non-hydrogen) atoms. The Balaban J connectivity index is 1.15. The summed E-state index contributed by atoms with van der Waals surface area (Å²) in [5.74, 6) is -0.268. The third kappa shape index (κ3) is 4.91. The molecule has 1 atom stereocenters. The number of fused-ring (bicyclic) bond motifs is 1. The summed E-state index contributed by atoms with van der Waals surface area (Å²) in [4.78, 5) is 18.3. The number of pyridine rings is 1. The monoisotopic (exact) mass is 576 g/mol. The molecule has 5 aromatic rings. The number of rotatable bonds is 6. The normalized spacial score (nSPS) is 19.0. The van der Waals surface area contributed by atoms with Gasteiger partial charge in [0.1, 0.15) is 11.4 Å². The van der Waals surface area contributed by atoms with Gasteiger partial charge in [-0.2, -0.15) is 5.10 Å². The van der Waals surface area contributed by atoms with E-state index in [1.54, 1.807) is 0 Å². The summed E-state index contributed by atoms with van der Waals surface area (Å²) in [6.07, 6.45) is 5.39. The molecular weight excluding hydrogens is 539 g/mol. The van der Waals surface area contributed by atoms with E-state index in [0.717, 1.165) is 54.9 Å². The van der Waals surface area contributed by atoms with Gasteiger partial charge < -0.3 is 10.6 Å². The minimum atomic E-state index is -0.536. The predicted molar refractivity (Wildman–Crippen MR) is 169 cm³/mol. The maximum Gasteiger partial charge on any atom is 0.221 e. The first-order valence-electron chi connectivity index (χ1n) is 15.1. The van der Waals surface area contributed by atoms with Crippen LogP contribution in [0, 0.1) is 5.82 Å². The highest BCUT2D eigenvalue weighted by Crippen LogP contribution is 2.40. The van der Waals surface area contributed by atoms with E-state index in [-0.39, 0.29) is 28.8 Å². The van der Waals surface area contributed by atoms with Crippen LogP contribution < -0.4 is 10.6 Å². The molecule has 2 aliphatic heterocycles. The van der Waals surface area contributed by atoms with Crippen molar-refractivity contribution in [3.8, 4) is 22.6 Å². The molecule has 3 aromatic heterocycles. The molecule has 0 radical (unpaired) electrons. The second-order valence-corrected chi connectivity index (χ2v) is 12.3. The Bertz CT molecular complexity index is 1780. The van der Waals surface area contributed by atoms with Crippen molar-refractivity contribution in [2.24, 2.45) is 7.05 Å². The zero-order chi connectivity index (χ0) is 29.7. The Labute approximate surface area is 251 Å². The molecule has 0 amide bonds. The van der Waals surface area contributed by atoms with Gasteiger partial charge in [-0.1, -0.05) is 50.2 Å². The zero-order valence-electron chi connectivity index (χ0n) is 25.0. The van der Waals surface area contributed by atoms with Crippen molar-refractivity contribution in [3.05, 3.63) is 83.9 Å². The van der Waals surface area contributed by atoms with Crippen molar-refractivity contribution in [1.29, 1.82) is 0 Å². The maximum atomic E-state index is 16.1. The quantitative estimate of drug-likeness (QED) is 0.258. The number of nitrogen functional groups attached to an aromatic ring is 1. The highest BCUT2D eigenvalue weighted by Gasteiger charge is 2.45. The molecule has 0 aliphatic carbocycles. The van der Waals surface area contributed by atoms with E-state index in [0.29, 0.717) is 11.3 Å². The van der Waals surface area contributed by atoms with Gasteiger partial charge in [0.25, 0.3) is 0 Å². The summed E-state index contributed by atoms with van der Waals surface area (Å²) in [5, 5.41) is 5.59. The van der Waals surface area contributed by atoms with Crippen LogP contribution in [-0.2, 0) is 13.6 Å². The molecule has 8 nitrogen and oxygen atoms in total. The van der Waals surface area contributed by atoms with Gasteiger partial charge in [0, 0.05) is 48.9 Å². The van der Waals surface area contributed by atoms with Crippen molar-refractivity contribution in [1.82, 2.24) is 29.6 Å². The second-order valence-electron chi connectivity index (χ2n) is 12.3. The summed E-state index contributed by atoms with van der Waals surface area (Å²) in [7, 11) is 1.93. The van der Waals surface area contributed by atoms with E-state index in [2.05, 4.69) is 74.0 Å². The number of hydrogen-bond acceptors (Lipinski definition) is 7. The van der Waals surface area contributed by atoms with Crippen LogP contribution in [0.4, 0.5) is 16.0 Å². The number of likely N-dealkylation sites (tertiary alicyclic amines) is 1. The molecule has 2 N–H and O–H groups in total. The van der Waals surface area contributed by atoms with Crippen LogP contribution in [0.5, 0.6) is 0 Å². The number of hydrogen-bond donors (Lipinski definition) is 1. The Morgan fingerprint density at radius 2 is 1.79 bits per heavy atom. The predicted octanol–water partition coefficient (Wildman–Crippen LogP) is 6.18. The number of halogens is 1. The van der Waals surface area contributed by atoms with Gasteiger partial charge >= 0.3 is 0 Å². The molecule has 220 valence electrons. The fourth-order valence-electron chi connectivity index (χ4n) is 7.17. The summed E-state index contributed by atoms with van der Waals surface area (Å²) in [6, 6.07) is 20.3. The third-order valence-electron chi connectivity index (χ3n) is 9.21. The maximum absolute atomic E-state index is 16.1. The summed E-state index contributed by atoms with van der Waals surface area (Å²) < 4.78 is 17.9. The Hall–Kier alpha value is -4.37. The first-order valence-corrected chi connectivity index (χ1v) is 15.1. The standard InChI is InChI=1S/C34H37FN8/c1-22(2)32-26-18-24(10-12-27(26)40-41(32)3)30-29(35)31(39-33(36)38-30)28-13-11-25(19-37-28)42-17-15-34(21-42)14-7-16-43(34)20-23-8-5-4-6-9-23/h4-6,8-13,18-19,22H,7,14-17,20-21H2,1-3H3,(H2,36,38,39). The van der Waals surface area contributed by atoms with E-state index in [1.807, 2.05) is 48.3 Å². The third-order valence-corrected chi connectivity index (χ3v) is 9.21. The van der Waals surface area contributed by atoms with Gasteiger partial charge in [-0.3, -0.25) is 14.6 Å². The summed E-state index contributed by atoms with van der Waals surface area (Å²) in [5.41, 5.74) is 12.0. The molecule has 5 heterocycles. The van der Waals surface area contributed by atoms with Crippen molar-refractivity contribution in [2.75, 3.05) is 30.3 Å². The molecule has 2 saturated heterocycles. The number of nitrogens with two attached hydrogens (primary N) is 1. The lowest BCUT2D eigenvalue weighted by Gasteiger charge is -2.35. The van der Waals surface area contributed by atoms with Crippen LogP contribution in [0.25, 0.3) is 33.5 Å². The van der Waals surface area contributed by atoms with E-state index in [4.69, 9.17) is 5.73 Å². The van der Waals surface area contributed by atoms with Crippen LogP contribution >= 0.6 is 0 Å². The first-order chi connectivity index (χ1) is 20.8. The largest absolute Gasteiger partial charge is 0.368 e. The summed E-state index contributed by atoms with van der Waals surface area (Å²) >= 11 is 0. The number of aryl methyl sites for hydroxylation is 1. The molecular formula is C34H37FN8. The smallest absolute Gasteiger partial charge is 0.221 e. The zero-order valence-corrected chi connectivity index (χ0v) is 25.0. The van der Waals surface area contributed by atoms with E-state index < -0.39 is 5.82 Å². The molecule has 9 heteroatoms. The fraction of sp³-hybridized carbons (Fsp3) is 0.353. The Morgan fingerprint density at radius 3 is 2.56 bits per heavy atom. The van der Waals surface area contributed by atoms with Crippen molar-refractivity contribution < 1.29 is 4.39 Å². The lowest BCUT2D eigenvalue weighted by molar-refractivity contribution is 0.150. The van der Waals surface area contributed by atoms with Gasteiger partial charge in [-0.05, 0) is 61.6 Å². The Kier molecular flexibility index (Phi) is 6.85. The van der Waals surface area contributed by atoms with Gasteiger partial charge in [-0.15, -0.1) is 0 Å². The van der Waals surface area contributed by atoms with Crippen LogP contribution in [0.1, 0.15) is 50.3 Å². The lowest BCUT2D eigenvalue weighted by atomic mass is 9.94. The van der Waals surface area contributed by atoms with Crippen molar-refractivity contribution in [3.63, 3.8) is 0 Å². The minimum Gasteiger partial charge on any atom is -0.368 e. The van der Waals surface area contributed by atoms with Crippen molar-refractivity contribution in [2.45, 2.75) is 51.1 Å². The van der Waals surface area contributed by atoms with Crippen LogP contribution in [0.15, 0.2) is 66.9 Å².